The first-order valence-electron chi connectivity index (χ1n) is 11.3. The molecule has 0 unspecified atom stereocenters. The van der Waals surface area contributed by atoms with Gasteiger partial charge in [0.15, 0.2) is 0 Å². The lowest BCUT2D eigenvalue weighted by molar-refractivity contribution is -0.131. The Hall–Kier alpha value is -1.48. The molecule has 168 valence electrons. The Morgan fingerprint density at radius 2 is 1.67 bits per heavy atom. The predicted molar refractivity (Wildman–Crippen MR) is 119 cm³/mol. The number of rotatable bonds is 9. The van der Waals surface area contributed by atoms with Gasteiger partial charge in [0, 0.05) is 52.2 Å². The van der Waals surface area contributed by atoms with Gasteiger partial charge in [-0.05, 0) is 50.0 Å². The Balaban J connectivity index is 1.68. The number of piperazine rings is 1. The molecule has 0 radical (unpaired) electrons. The van der Waals surface area contributed by atoms with Gasteiger partial charge in [0.1, 0.15) is 0 Å². The zero-order valence-electron chi connectivity index (χ0n) is 18.2. The summed E-state index contributed by atoms with van der Waals surface area (Å²) >= 11 is 0. The summed E-state index contributed by atoms with van der Waals surface area (Å²) in [7, 11) is -3.63. The van der Waals surface area contributed by atoms with Crippen LogP contribution in [0.25, 0.3) is 0 Å². The number of hydrogen-bond donors (Lipinski definition) is 1. The van der Waals surface area contributed by atoms with E-state index in [1.54, 1.807) is 12.1 Å². The number of benzene rings is 1. The van der Waals surface area contributed by atoms with Gasteiger partial charge >= 0.3 is 0 Å². The Morgan fingerprint density at radius 3 is 2.30 bits per heavy atom. The van der Waals surface area contributed by atoms with Crippen molar-refractivity contribution in [2.45, 2.75) is 43.9 Å². The minimum absolute atomic E-state index is 0.0380. The number of hydrogen-bond acceptors (Lipinski definition) is 5. The fourth-order valence-corrected chi connectivity index (χ4v) is 5.56. The molecule has 0 atom stereocenters. The average Bonchev–Trinajstić information content (AvgIpc) is 2.80. The first kappa shape index (κ1) is 23.2. The lowest BCUT2D eigenvalue weighted by Gasteiger charge is -2.31. The highest BCUT2D eigenvalue weighted by molar-refractivity contribution is 7.89. The first-order chi connectivity index (χ1) is 14.5. The number of nitrogens with one attached hydrogen (secondary N) is 1. The number of piperidine rings is 1. The van der Waals surface area contributed by atoms with Crippen LogP contribution in [0.5, 0.6) is 0 Å². The Labute approximate surface area is 181 Å². The van der Waals surface area contributed by atoms with E-state index in [2.05, 4.69) is 17.1 Å². The van der Waals surface area contributed by atoms with Gasteiger partial charge in [-0.1, -0.05) is 25.5 Å². The molecule has 0 aliphatic carbocycles. The van der Waals surface area contributed by atoms with Gasteiger partial charge in [0.05, 0.1) is 4.90 Å². The van der Waals surface area contributed by atoms with Crippen molar-refractivity contribution in [1.82, 2.24) is 19.4 Å². The number of sulfonamides is 1. The third-order valence-corrected chi connectivity index (χ3v) is 8.04. The van der Waals surface area contributed by atoms with E-state index < -0.39 is 10.0 Å². The smallest absolute Gasteiger partial charge is 0.243 e. The van der Waals surface area contributed by atoms with E-state index >= 15 is 0 Å². The summed E-state index contributed by atoms with van der Waals surface area (Å²) in [5, 5.41) is 3.24. The third kappa shape index (κ3) is 6.26. The van der Waals surface area contributed by atoms with E-state index in [-0.39, 0.29) is 18.9 Å². The molecule has 0 saturated carbocycles. The van der Waals surface area contributed by atoms with Gasteiger partial charge < -0.3 is 15.1 Å². The summed E-state index contributed by atoms with van der Waals surface area (Å²) in [4.78, 5) is 17.1. The van der Waals surface area contributed by atoms with Crippen LogP contribution in [-0.2, 0) is 21.2 Å². The molecule has 1 N–H and O–H groups in total. The predicted octanol–water partition coefficient (Wildman–Crippen LogP) is 1.55. The fraction of sp³-hybridized carbons (Fsp3) is 0.682. The van der Waals surface area contributed by atoms with E-state index in [9.17, 15) is 13.2 Å². The van der Waals surface area contributed by atoms with Crippen molar-refractivity contribution in [3.63, 3.8) is 0 Å². The van der Waals surface area contributed by atoms with Crippen LogP contribution in [-0.4, -0.2) is 87.3 Å². The van der Waals surface area contributed by atoms with Gasteiger partial charge in [-0.25, -0.2) is 8.42 Å². The summed E-state index contributed by atoms with van der Waals surface area (Å²) in [6.45, 7) is 8.46. The van der Waals surface area contributed by atoms with Crippen LogP contribution in [0, 0.1) is 0 Å². The van der Waals surface area contributed by atoms with Gasteiger partial charge in [-0.2, -0.15) is 4.31 Å². The fourth-order valence-electron chi connectivity index (χ4n) is 4.13. The zero-order valence-corrected chi connectivity index (χ0v) is 19.0. The molecular weight excluding hydrogens is 400 g/mol. The standard InChI is InChI=1S/C22H36N4O3S/c1-2-20-6-8-21(9-7-20)30(28,29)26(19-18-24-13-4-3-5-14-24)15-10-22(27)25-16-11-23-12-17-25/h6-9,23H,2-5,10-19H2,1H3. The maximum absolute atomic E-state index is 13.4. The number of nitrogens with zero attached hydrogens (tertiary/aromatic N) is 3. The minimum atomic E-state index is -3.63. The second-order valence-electron chi connectivity index (χ2n) is 8.18. The lowest BCUT2D eigenvalue weighted by Crippen LogP contribution is -2.47. The normalized spacial score (nSPS) is 18.7. The molecule has 7 nitrogen and oxygen atoms in total. The summed E-state index contributed by atoms with van der Waals surface area (Å²) in [5.74, 6) is 0.0380. The van der Waals surface area contributed by atoms with Crippen LogP contribution in [0.2, 0.25) is 0 Å². The molecule has 1 aromatic carbocycles. The van der Waals surface area contributed by atoms with Gasteiger partial charge in [0.25, 0.3) is 0 Å². The molecular formula is C22H36N4O3S. The summed E-state index contributed by atoms with van der Waals surface area (Å²) in [6, 6.07) is 7.14. The molecule has 2 heterocycles. The second-order valence-corrected chi connectivity index (χ2v) is 10.1. The Morgan fingerprint density at radius 1 is 1.00 bits per heavy atom. The summed E-state index contributed by atoms with van der Waals surface area (Å²) in [5.41, 5.74) is 1.11. The van der Waals surface area contributed by atoms with E-state index in [1.807, 2.05) is 17.0 Å². The van der Waals surface area contributed by atoms with Crippen molar-refractivity contribution in [2.24, 2.45) is 0 Å². The van der Waals surface area contributed by atoms with Crippen LogP contribution in [0.3, 0.4) is 0 Å². The van der Waals surface area contributed by atoms with Crippen LogP contribution >= 0.6 is 0 Å². The maximum atomic E-state index is 13.4. The average molecular weight is 437 g/mol. The lowest BCUT2D eigenvalue weighted by atomic mass is 10.1. The molecule has 3 rings (SSSR count). The molecule has 1 aromatic rings. The molecule has 0 spiro atoms. The van der Waals surface area contributed by atoms with Crippen molar-refractivity contribution in [1.29, 1.82) is 0 Å². The molecule has 0 aromatic heterocycles. The molecule has 2 fully saturated rings. The van der Waals surface area contributed by atoms with Crippen molar-refractivity contribution in [3.8, 4) is 0 Å². The Bertz CT molecular complexity index is 770. The topological polar surface area (TPSA) is 73.0 Å². The van der Waals surface area contributed by atoms with Crippen LogP contribution in [0.1, 0.15) is 38.2 Å². The van der Waals surface area contributed by atoms with Gasteiger partial charge in [0.2, 0.25) is 15.9 Å². The molecule has 2 saturated heterocycles. The monoisotopic (exact) mass is 436 g/mol. The van der Waals surface area contributed by atoms with Crippen molar-refractivity contribution < 1.29 is 13.2 Å². The van der Waals surface area contributed by atoms with Crippen molar-refractivity contribution in [2.75, 3.05) is 58.9 Å². The SMILES string of the molecule is CCc1ccc(S(=O)(=O)N(CCC(=O)N2CCNCC2)CCN2CCCCC2)cc1. The van der Waals surface area contributed by atoms with Crippen molar-refractivity contribution in [3.05, 3.63) is 29.8 Å². The van der Waals surface area contributed by atoms with Crippen LogP contribution in [0.15, 0.2) is 29.2 Å². The number of carbonyl (C=O) groups is 1. The first-order valence-corrected chi connectivity index (χ1v) is 12.7. The minimum Gasteiger partial charge on any atom is -0.340 e. The Kier molecular flexibility index (Phi) is 8.68. The molecule has 8 heteroatoms. The zero-order chi connectivity index (χ0) is 21.4. The number of amides is 1. The van der Waals surface area contributed by atoms with Gasteiger partial charge in [-0.15, -0.1) is 0 Å². The quantitative estimate of drug-likeness (QED) is 0.636. The van der Waals surface area contributed by atoms with Crippen LogP contribution < -0.4 is 5.32 Å². The number of carbonyl (C=O) groups excluding carboxylic acids is 1. The highest BCUT2D eigenvalue weighted by Gasteiger charge is 2.27. The third-order valence-electron chi connectivity index (χ3n) is 6.13. The largest absolute Gasteiger partial charge is 0.340 e. The molecule has 2 aliphatic heterocycles. The summed E-state index contributed by atoms with van der Waals surface area (Å²) in [6.07, 6.45) is 4.70. The number of aryl methyl sites for hydroxylation is 1. The van der Waals surface area contributed by atoms with Gasteiger partial charge in [-0.3, -0.25) is 4.79 Å². The second kappa shape index (κ2) is 11.2. The molecule has 1 amide bonds. The summed E-state index contributed by atoms with van der Waals surface area (Å²) < 4.78 is 28.2. The van der Waals surface area contributed by atoms with E-state index in [4.69, 9.17) is 0 Å². The van der Waals surface area contributed by atoms with Crippen LogP contribution in [0.4, 0.5) is 0 Å². The number of likely N-dealkylation sites (tertiary alicyclic amines) is 1. The molecule has 2 aliphatic rings. The van der Waals surface area contributed by atoms with E-state index in [0.717, 1.165) is 38.2 Å². The highest BCUT2D eigenvalue weighted by atomic mass is 32.2. The van der Waals surface area contributed by atoms with Crippen molar-refractivity contribution >= 4 is 15.9 Å². The molecule has 0 bridgehead atoms. The van der Waals surface area contributed by atoms with E-state index in [1.165, 1.54) is 23.6 Å². The van der Waals surface area contributed by atoms with E-state index in [0.29, 0.717) is 31.1 Å². The molecule has 30 heavy (non-hydrogen) atoms. The maximum Gasteiger partial charge on any atom is 0.243 e. The highest BCUT2D eigenvalue weighted by Crippen LogP contribution is 2.18.